The van der Waals surface area contributed by atoms with E-state index in [1.807, 2.05) is 20.8 Å². The fraction of sp³-hybridized carbons (Fsp3) is 0.538. The Morgan fingerprint density at radius 2 is 1.83 bits per heavy atom. The van der Waals surface area contributed by atoms with E-state index in [0.29, 0.717) is 23.4 Å². The summed E-state index contributed by atoms with van der Waals surface area (Å²) in [5.74, 6) is 0.153. The topological polar surface area (TPSA) is 27.7 Å². The minimum absolute atomic E-state index is 0.240. The zero-order chi connectivity index (χ0) is 13.5. The average Bonchev–Trinajstić information content (AvgIpc) is 2.32. The Kier molecular flexibility index (Phi) is 6.60. The van der Waals surface area contributed by atoms with Crippen LogP contribution in [0.5, 0.6) is 5.75 Å². The minimum atomic E-state index is -0.425. The average molecular weight is 321 g/mol. The van der Waals surface area contributed by atoms with Gasteiger partial charge in [-0.3, -0.25) is 0 Å². The summed E-state index contributed by atoms with van der Waals surface area (Å²) in [6.07, 6.45) is -0.425. The molecule has 0 saturated carbocycles. The van der Waals surface area contributed by atoms with Crippen molar-refractivity contribution in [1.29, 1.82) is 0 Å². The van der Waals surface area contributed by atoms with Gasteiger partial charge in [-0.1, -0.05) is 0 Å². The number of ether oxygens (including phenoxy) is 3. The van der Waals surface area contributed by atoms with E-state index in [4.69, 9.17) is 14.2 Å². The van der Waals surface area contributed by atoms with Crippen LogP contribution in [0.15, 0.2) is 16.6 Å². The van der Waals surface area contributed by atoms with Gasteiger partial charge in [0.15, 0.2) is 6.29 Å². The van der Waals surface area contributed by atoms with Crippen LogP contribution in [-0.2, 0) is 9.47 Å². The van der Waals surface area contributed by atoms with Crippen molar-refractivity contribution in [1.82, 2.24) is 0 Å². The summed E-state index contributed by atoms with van der Waals surface area (Å²) in [7, 11) is 0. The lowest BCUT2D eigenvalue weighted by Crippen LogP contribution is -2.25. The monoisotopic (exact) mass is 320 g/mol. The first-order valence-corrected chi connectivity index (χ1v) is 6.69. The lowest BCUT2D eigenvalue weighted by Gasteiger charge is -2.18. The van der Waals surface area contributed by atoms with Crippen LogP contribution in [-0.4, -0.2) is 26.1 Å². The molecule has 0 spiro atoms. The number of aryl methyl sites for hydroxylation is 1. The van der Waals surface area contributed by atoms with Crippen LogP contribution in [0, 0.1) is 12.7 Å². The molecule has 0 radical (unpaired) electrons. The van der Waals surface area contributed by atoms with Crippen molar-refractivity contribution >= 4 is 15.9 Å². The largest absolute Gasteiger partial charge is 0.488 e. The van der Waals surface area contributed by atoms with Gasteiger partial charge in [0.2, 0.25) is 0 Å². The van der Waals surface area contributed by atoms with E-state index in [9.17, 15) is 4.39 Å². The summed E-state index contributed by atoms with van der Waals surface area (Å²) in [6.45, 7) is 6.95. The number of hydrogen-bond acceptors (Lipinski definition) is 3. The maximum atomic E-state index is 13.4. The molecular formula is C13H18BrFO3. The van der Waals surface area contributed by atoms with Gasteiger partial charge in [-0.2, -0.15) is 0 Å². The summed E-state index contributed by atoms with van der Waals surface area (Å²) in [5.41, 5.74) is 0.857. The fourth-order valence-corrected chi connectivity index (χ4v) is 1.92. The number of benzene rings is 1. The molecule has 0 fully saturated rings. The van der Waals surface area contributed by atoms with Gasteiger partial charge in [-0.25, -0.2) is 4.39 Å². The van der Waals surface area contributed by atoms with Gasteiger partial charge >= 0.3 is 0 Å². The van der Waals surface area contributed by atoms with Crippen molar-refractivity contribution in [3.63, 3.8) is 0 Å². The maximum Gasteiger partial charge on any atom is 0.191 e. The van der Waals surface area contributed by atoms with Gasteiger partial charge in [0.1, 0.15) is 18.2 Å². The van der Waals surface area contributed by atoms with Crippen LogP contribution in [0.2, 0.25) is 0 Å². The maximum absolute atomic E-state index is 13.4. The quantitative estimate of drug-likeness (QED) is 0.717. The van der Waals surface area contributed by atoms with Crippen molar-refractivity contribution < 1.29 is 18.6 Å². The Bertz CT molecular complexity index is 379. The summed E-state index contributed by atoms with van der Waals surface area (Å²) in [5, 5.41) is 0. The number of hydrogen-bond donors (Lipinski definition) is 0. The summed E-state index contributed by atoms with van der Waals surface area (Å²) in [6, 6.07) is 3.04. The lowest BCUT2D eigenvalue weighted by molar-refractivity contribution is -0.152. The molecule has 0 aliphatic carbocycles. The Morgan fingerprint density at radius 1 is 1.22 bits per heavy atom. The molecule has 0 N–H and O–H groups in total. The smallest absolute Gasteiger partial charge is 0.191 e. The predicted molar refractivity (Wildman–Crippen MR) is 71.4 cm³/mol. The van der Waals surface area contributed by atoms with Crippen LogP contribution >= 0.6 is 15.9 Å². The van der Waals surface area contributed by atoms with Crippen LogP contribution in [0.3, 0.4) is 0 Å². The third-order valence-electron chi connectivity index (χ3n) is 2.30. The zero-order valence-corrected chi connectivity index (χ0v) is 12.4. The Morgan fingerprint density at radius 3 is 2.39 bits per heavy atom. The van der Waals surface area contributed by atoms with Crippen LogP contribution in [0.1, 0.15) is 19.4 Å². The molecular weight excluding hydrogens is 303 g/mol. The second-order valence-corrected chi connectivity index (χ2v) is 4.54. The van der Waals surface area contributed by atoms with Gasteiger partial charge in [0.05, 0.1) is 4.47 Å². The van der Waals surface area contributed by atoms with Crippen molar-refractivity contribution in [2.24, 2.45) is 0 Å². The molecule has 1 rings (SSSR count). The predicted octanol–water partition coefficient (Wildman–Crippen LogP) is 3.67. The lowest BCUT2D eigenvalue weighted by atomic mass is 10.2. The summed E-state index contributed by atoms with van der Waals surface area (Å²) in [4.78, 5) is 0. The van der Waals surface area contributed by atoms with Crippen molar-refractivity contribution in [3.8, 4) is 5.75 Å². The van der Waals surface area contributed by atoms with Gasteiger partial charge < -0.3 is 14.2 Å². The molecule has 18 heavy (non-hydrogen) atoms. The third kappa shape index (κ3) is 4.55. The van der Waals surface area contributed by atoms with E-state index in [0.717, 1.165) is 5.56 Å². The number of rotatable bonds is 7. The first kappa shape index (κ1) is 15.4. The number of halogens is 2. The van der Waals surface area contributed by atoms with E-state index in [1.165, 1.54) is 6.07 Å². The van der Waals surface area contributed by atoms with E-state index in [2.05, 4.69) is 15.9 Å². The fourth-order valence-electron chi connectivity index (χ4n) is 1.46. The van der Waals surface area contributed by atoms with E-state index < -0.39 is 6.29 Å². The molecule has 0 atom stereocenters. The van der Waals surface area contributed by atoms with E-state index in [1.54, 1.807) is 6.07 Å². The minimum Gasteiger partial charge on any atom is -0.488 e. The Balaban J connectivity index is 2.64. The molecule has 5 heteroatoms. The highest BCUT2D eigenvalue weighted by Gasteiger charge is 2.11. The third-order valence-corrected chi connectivity index (χ3v) is 2.91. The zero-order valence-electron chi connectivity index (χ0n) is 10.8. The summed E-state index contributed by atoms with van der Waals surface area (Å²) >= 11 is 3.13. The molecule has 0 saturated heterocycles. The van der Waals surface area contributed by atoms with E-state index >= 15 is 0 Å². The molecule has 0 amide bonds. The molecule has 3 nitrogen and oxygen atoms in total. The first-order chi connectivity index (χ1) is 8.58. The van der Waals surface area contributed by atoms with E-state index in [-0.39, 0.29) is 12.4 Å². The Labute approximate surface area is 115 Å². The van der Waals surface area contributed by atoms with Crippen molar-refractivity contribution in [3.05, 3.63) is 28.0 Å². The SMILES string of the molecule is CCOC(COc1cc(F)c(Br)cc1C)OCC. The molecule has 0 aliphatic rings. The molecule has 102 valence electrons. The highest BCUT2D eigenvalue weighted by atomic mass is 79.9. The summed E-state index contributed by atoms with van der Waals surface area (Å²) < 4.78 is 30.0. The Hall–Kier alpha value is -0.650. The normalized spacial score (nSPS) is 11.0. The molecule has 0 aromatic heterocycles. The molecule has 1 aromatic carbocycles. The first-order valence-electron chi connectivity index (χ1n) is 5.90. The molecule has 0 heterocycles. The molecule has 0 aliphatic heterocycles. The van der Waals surface area contributed by atoms with Crippen LogP contribution in [0.4, 0.5) is 4.39 Å². The van der Waals surface area contributed by atoms with Gasteiger partial charge in [-0.05, 0) is 48.3 Å². The van der Waals surface area contributed by atoms with Crippen LogP contribution < -0.4 is 4.74 Å². The van der Waals surface area contributed by atoms with Gasteiger partial charge in [0, 0.05) is 19.3 Å². The standard InChI is InChI=1S/C13H18BrFO3/c1-4-16-13(17-5-2)8-18-12-7-11(15)10(14)6-9(12)3/h6-7,13H,4-5,8H2,1-3H3. The van der Waals surface area contributed by atoms with Gasteiger partial charge in [0.25, 0.3) is 0 Å². The van der Waals surface area contributed by atoms with Gasteiger partial charge in [-0.15, -0.1) is 0 Å². The molecule has 0 bridgehead atoms. The highest BCUT2D eigenvalue weighted by Crippen LogP contribution is 2.25. The molecule has 0 unspecified atom stereocenters. The van der Waals surface area contributed by atoms with Crippen LogP contribution in [0.25, 0.3) is 0 Å². The second kappa shape index (κ2) is 7.71. The molecule has 1 aromatic rings. The van der Waals surface area contributed by atoms with Crippen molar-refractivity contribution in [2.75, 3.05) is 19.8 Å². The van der Waals surface area contributed by atoms with Crippen molar-refractivity contribution in [2.45, 2.75) is 27.1 Å². The second-order valence-electron chi connectivity index (χ2n) is 3.68. The highest BCUT2D eigenvalue weighted by molar-refractivity contribution is 9.10.